The highest BCUT2D eigenvalue weighted by Gasteiger charge is 2.09. The first-order valence-electron chi connectivity index (χ1n) is 5.37. The van der Waals surface area contributed by atoms with E-state index in [9.17, 15) is 8.78 Å². The zero-order valence-electron chi connectivity index (χ0n) is 9.51. The molecule has 3 nitrogen and oxygen atoms in total. The fraction of sp³-hybridized carbons (Fsp3) is 1.00. The summed E-state index contributed by atoms with van der Waals surface area (Å²) >= 11 is 0. The summed E-state index contributed by atoms with van der Waals surface area (Å²) in [6.45, 7) is 5.44. The topological polar surface area (TPSA) is 47.3 Å². The molecule has 3 N–H and O–H groups in total. The Balaban J connectivity index is 3.29. The Hall–Kier alpha value is -0.260. The molecule has 0 aromatic carbocycles. The largest absolute Gasteiger partial charge is 0.375 e. The second kappa shape index (κ2) is 9.00. The molecule has 0 spiro atoms. The average Bonchev–Trinajstić information content (AvgIpc) is 2.15. The van der Waals surface area contributed by atoms with Crippen molar-refractivity contribution >= 4 is 0 Å². The molecule has 0 aliphatic carbocycles. The van der Waals surface area contributed by atoms with E-state index in [2.05, 4.69) is 19.2 Å². The smallest absolute Gasteiger partial charge is 0.261 e. The van der Waals surface area contributed by atoms with Gasteiger partial charge in [0.25, 0.3) is 6.43 Å². The van der Waals surface area contributed by atoms with Crippen molar-refractivity contribution in [2.75, 3.05) is 26.3 Å². The third-order valence-electron chi connectivity index (χ3n) is 2.17. The minimum absolute atomic E-state index is 0.292. The van der Waals surface area contributed by atoms with Crippen LogP contribution in [0.1, 0.15) is 20.3 Å². The molecule has 92 valence electrons. The molecule has 0 aliphatic rings. The van der Waals surface area contributed by atoms with Crippen LogP contribution < -0.4 is 11.1 Å². The van der Waals surface area contributed by atoms with Crippen LogP contribution in [0.5, 0.6) is 0 Å². The summed E-state index contributed by atoms with van der Waals surface area (Å²) in [5, 5.41) is 3.26. The molecule has 15 heavy (non-hydrogen) atoms. The number of hydrogen-bond donors (Lipinski definition) is 2. The zero-order valence-corrected chi connectivity index (χ0v) is 9.51. The van der Waals surface area contributed by atoms with Gasteiger partial charge in [-0.05, 0) is 18.9 Å². The van der Waals surface area contributed by atoms with Gasteiger partial charge in [-0.3, -0.25) is 0 Å². The van der Waals surface area contributed by atoms with Crippen LogP contribution in [0.25, 0.3) is 0 Å². The predicted molar refractivity (Wildman–Crippen MR) is 57.1 cm³/mol. The Morgan fingerprint density at radius 3 is 2.47 bits per heavy atom. The fourth-order valence-corrected chi connectivity index (χ4v) is 1.23. The molecule has 0 aromatic heterocycles. The molecule has 0 fully saturated rings. The van der Waals surface area contributed by atoms with Gasteiger partial charge in [-0.2, -0.15) is 0 Å². The maximum Gasteiger partial charge on any atom is 0.261 e. The summed E-state index contributed by atoms with van der Waals surface area (Å²) in [6.07, 6.45) is -1.64. The molecule has 0 radical (unpaired) electrons. The molecular formula is C10H22F2N2O. The van der Waals surface area contributed by atoms with Crippen LogP contribution >= 0.6 is 0 Å². The highest BCUT2D eigenvalue weighted by molar-refractivity contribution is 4.70. The van der Waals surface area contributed by atoms with Crippen LogP contribution in [-0.2, 0) is 4.74 Å². The maximum atomic E-state index is 11.7. The number of ether oxygens (including phenoxy) is 1. The van der Waals surface area contributed by atoms with Crippen molar-refractivity contribution in [3.05, 3.63) is 0 Å². The molecule has 0 saturated carbocycles. The van der Waals surface area contributed by atoms with E-state index in [4.69, 9.17) is 10.5 Å². The summed E-state index contributed by atoms with van der Waals surface area (Å²) in [7, 11) is 0. The summed E-state index contributed by atoms with van der Waals surface area (Å²) in [5.41, 5.74) is 5.56. The third-order valence-corrected chi connectivity index (χ3v) is 2.17. The molecule has 0 saturated heterocycles. The first-order valence-corrected chi connectivity index (χ1v) is 5.37. The van der Waals surface area contributed by atoms with Gasteiger partial charge < -0.3 is 15.8 Å². The van der Waals surface area contributed by atoms with E-state index in [0.29, 0.717) is 25.1 Å². The Morgan fingerprint density at radius 1 is 1.33 bits per heavy atom. The maximum absolute atomic E-state index is 11.7. The number of alkyl halides is 2. The SMILES string of the molecule is CC(C)C(CN)NCCCOCC(F)F. The van der Waals surface area contributed by atoms with Gasteiger partial charge in [-0.25, -0.2) is 8.78 Å². The van der Waals surface area contributed by atoms with Crippen molar-refractivity contribution in [2.24, 2.45) is 11.7 Å². The van der Waals surface area contributed by atoms with Crippen molar-refractivity contribution in [1.82, 2.24) is 5.32 Å². The van der Waals surface area contributed by atoms with Crippen molar-refractivity contribution in [1.29, 1.82) is 0 Å². The Bertz CT molecular complexity index is 145. The molecule has 0 amide bonds. The molecular weight excluding hydrogens is 202 g/mol. The van der Waals surface area contributed by atoms with Gasteiger partial charge >= 0.3 is 0 Å². The second-order valence-electron chi connectivity index (χ2n) is 3.86. The molecule has 5 heteroatoms. The predicted octanol–water partition coefficient (Wildman–Crippen LogP) is 1.23. The van der Waals surface area contributed by atoms with Crippen LogP contribution in [0, 0.1) is 5.92 Å². The van der Waals surface area contributed by atoms with Gasteiger partial charge in [0.2, 0.25) is 0 Å². The van der Waals surface area contributed by atoms with Crippen molar-refractivity contribution in [2.45, 2.75) is 32.7 Å². The lowest BCUT2D eigenvalue weighted by molar-refractivity contribution is 0.0166. The van der Waals surface area contributed by atoms with E-state index in [1.807, 2.05) is 0 Å². The van der Waals surface area contributed by atoms with Crippen LogP contribution in [0.4, 0.5) is 8.78 Å². The van der Waals surface area contributed by atoms with Crippen LogP contribution in [-0.4, -0.2) is 38.8 Å². The van der Waals surface area contributed by atoms with E-state index >= 15 is 0 Å². The van der Waals surface area contributed by atoms with Crippen LogP contribution in [0.2, 0.25) is 0 Å². The standard InChI is InChI=1S/C10H22F2N2O/c1-8(2)9(6-13)14-4-3-5-15-7-10(11)12/h8-10,14H,3-7,13H2,1-2H3. The highest BCUT2D eigenvalue weighted by atomic mass is 19.3. The van der Waals surface area contributed by atoms with Crippen LogP contribution in [0.3, 0.4) is 0 Å². The minimum atomic E-state index is -2.37. The summed E-state index contributed by atoms with van der Waals surface area (Å²) < 4.78 is 28.1. The molecule has 0 heterocycles. The Labute approximate surface area is 90.4 Å². The van der Waals surface area contributed by atoms with Crippen molar-refractivity contribution in [3.8, 4) is 0 Å². The molecule has 0 bridgehead atoms. The lowest BCUT2D eigenvalue weighted by Crippen LogP contribution is -2.40. The Morgan fingerprint density at radius 2 is 2.00 bits per heavy atom. The van der Waals surface area contributed by atoms with Crippen LogP contribution in [0.15, 0.2) is 0 Å². The minimum Gasteiger partial charge on any atom is -0.375 e. The molecule has 0 aliphatic heterocycles. The number of rotatable bonds is 9. The average molecular weight is 224 g/mol. The van der Waals surface area contributed by atoms with Crippen molar-refractivity contribution < 1.29 is 13.5 Å². The highest BCUT2D eigenvalue weighted by Crippen LogP contribution is 1.99. The summed E-state index contributed by atoms with van der Waals surface area (Å²) in [5.74, 6) is 0.483. The lowest BCUT2D eigenvalue weighted by Gasteiger charge is -2.20. The summed E-state index contributed by atoms with van der Waals surface area (Å²) in [4.78, 5) is 0. The van der Waals surface area contributed by atoms with Crippen molar-refractivity contribution in [3.63, 3.8) is 0 Å². The first-order chi connectivity index (χ1) is 7.07. The van der Waals surface area contributed by atoms with Gasteiger partial charge in [0, 0.05) is 19.2 Å². The van der Waals surface area contributed by atoms with Gasteiger partial charge in [0.1, 0.15) is 6.61 Å². The normalized spacial score (nSPS) is 13.8. The number of hydrogen-bond acceptors (Lipinski definition) is 3. The molecule has 1 atom stereocenters. The fourth-order valence-electron chi connectivity index (χ4n) is 1.23. The van der Waals surface area contributed by atoms with E-state index in [1.165, 1.54) is 0 Å². The van der Waals surface area contributed by atoms with Gasteiger partial charge in [0.05, 0.1) is 0 Å². The molecule has 0 rings (SSSR count). The number of nitrogens with one attached hydrogen (secondary N) is 1. The molecule has 1 unspecified atom stereocenters. The first kappa shape index (κ1) is 14.7. The van der Waals surface area contributed by atoms with E-state index in [0.717, 1.165) is 13.0 Å². The third kappa shape index (κ3) is 8.72. The number of halogens is 2. The second-order valence-corrected chi connectivity index (χ2v) is 3.86. The summed E-state index contributed by atoms with van der Waals surface area (Å²) in [6, 6.07) is 0.292. The van der Waals surface area contributed by atoms with E-state index in [-0.39, 0.29) is 0 Å². The zero-order chi connectivity index (χ0) is 11.7. The quantitative estimate of drug-likeness (QED) is 0.579. The van der Waals surface area contributed by atoms with Gasteiger partial charge in [0.15, 0.2) is 0 Å². The molecule has 0 aromatic rings. The van der Waals surface area contributed by atoms with E-state index < -0.39 is 13.0 Å². The lowest BCUT2D eigenvalue weighted by atomic mass is 10.0. The van der Waals surface area contributed by atoms with E-state index in [1.54, 1.807) is 0 Å². The Kier molecular flexibility index (Phi) is 8.85. The van der Waals surface area contributed by atoms with Gasteiger partial charge in [-0.1, -0.05) is 13.8 Å². The number of nitrogens with two attached hydrogens (primary N) is 1. The monoisotopic (exact) mass is 224 g/mol. The van der Waals surface area contributed by atoms with Gasteiger partial charge in [-0.15, -0.1) is 0 Å².